The van der Waals surface area contributed by atoms with Crippen LogP contribution in [0.4, 0.5) is 5.69 Å². The van der Waals surface area contributed by atoms with Crippen molar-refractivity contribution in [2.45, 2.75) is 18.1 Å². The van der Waals surface area contributed by atoms with Crippen molar-refractivity contribution in [1.29, 1.82) is 0 Å². The molecule has 3 nitrogen and oxygen atoms in total. The van der Waals surface area contributed by atoms with Gasteiger partial charge in [-0.1, -0.05) is 27.5 Å². The molecule has 7 heteroatoms. The quantitative estimate of drug-likeness (QED) is 0.847. The molecule has 1 aromatic heterocycles. The molecular weight excluding hydrogens is 370 g/mol. The van der Waals surface area contributed by atoms with E-state index in [4.69, 9.17) is 11.6 Å². The molecule has 19 heavy (non-hydrogen) atoms. The van der Waals surface area contributed by atoms with Gasteiger partial charge in [0, 0.05) is 10.2 Å². The van der Waals surface area contributed by atoms with Crippen LogP contribution in [0.25, 0.3) is 0 Å². The highest BCUT2D eigenvalue weighted by Gasteiger charge is 2.18. The van der Waals surface area contributed by atoms with E-state index in [9.17, 15) is 8.42 Å². The van der Waals surface area contributed by atoms with Gasteiger partial charge in [-0.05, 0) is 49.2 Å². The number of anilines is 1. The molecular formula is C12H11BrClNO2S2. The van der Waals surface area contributed by atoms with E-state index in [1.165, 1.54) is 0 Å². The molecule has 0 bridgehead atoms. The number of rotatable bonds is 3. The first-order valence-corrected chi connectivity index (χ1v) is 8.81. The second kappa shape index (κ2) is 5.44. The lowest BCUT2D eigenvalue weighted by Crippen LogP contribution is -2.11. The lowest BCUT2D eigenvalue weighted by molar-refractivity contribution is 0.603. The number of aryl methyl sites for hydroxylation is 2. The number of sulfonamides is 1. The Hall–Kier alpha value is -0.560. The van der Waals surface area contributed by atoms with Crippen molar-refractivity contribution in [1.82, 2.24) is 0 Å². The summed E-state index contributed by atoms with van der Waals surface area (Å²) in [4.78, 5) is 0. The zero-order chi connectivity index (χ0) is 14.2. The zero-order valence-corrected chi connectivity index (χ0v) is 14.2. The lowest BCUT2D eigenvalue weighted by Gasteiger charge is -2.07. The molecule has 2 rings (SSSR count). The molecule has 0 atom stereocenters. The molecule has 0 saturated carbocycles. The SMILES string of the molecule is Cc1cc(NS(=O)(=O)c2cc(C)c(Cl)s2)ccc1Br. The fourth-order valence-corrected chi connectivity index (χ4v) is 4.48. The van der Waals surface area contributed by atoms with Gasteiger partial charge in [0.05, 0.1) is 4.34 Å². The first-order valence-electron chi connectivity index (χ1n) is 5.34. The third-order valence-electron chi connectivity index (χ3n) is 2.51. The normalized spacial score (nSPS) is 11.6. The van der Waals surface area contributed by atoms with E-state index in [2.05, 4.69) is 20.7 Å². The van der Waals surface area contributed by atoms with Crippen molar-refractivity contribution < 1.29 is 8.42 Å². The van der Waals surface area contributed by atoms with Crippen molar-refractivity contribution in [2.75, 3.05) is 4.72 Å². The summed E-state index contributed by atoms with van der Waals surface area (Å²) >= 11 is 10.3. The number of thiophene rings is 1. The number of nitrogens with one attached hydrogen (secondary N) is 1. The van der Waals surface area contributed by atoms with E-state index in [1.54, 1.807) is 31.2 Å². The van der Waals surface area contributed by atoms with Crippen molar-refractivity contribution in [3.8, 4) is 0 Å². The summed E-state index contributed by atoms with van der Waals surface area (Å²) in [7, 11) is -3.58. The molecule has 0 spiro atoms. The highest BCUT2D eigenvalue weighted by Crippen LogP contribution is 2.31. The van der Waals surface area contributed by atoms with E-state index >= 15 is 0 Å². The van der Waals surface area contributed by atoms with Gasteiger partial charge in [-0.2, -0.15) is 0 Å². The number of benzene rings is 1. The van der Waals surface area contributed by atoms with E-state index in [1.807, 2.05) is 6.92 Å². The third-order valence-corrected chi connectivity index (χ3v) is 6.81. The van der Waals surface area contributed by atoms with Gasteiger partial charge in [0.1, 0.15) is 4.21 Å². The van der Waals surface area contributed by atoms with Crippen LogP contribution >= 0.6 is 38.9 Å². The Morgan fingerprint density at radius 3 is 2.42 bits per heavy atom. The van der Waals surface area contributed by atoms with Crippen LogP contribution in [0.2, 0.25) is 4.34 Å². The summed E-state index contributed by atoms with van der Waals surface area (Å²) in [6.07, 6.45) is 0. The summed E-state index contributed by atoms with van der Waals surface area (Å²) in [5.74, 6) is 0. The van der Waals surface area contributed by atoms with Crippen molar-refractivity contribution in [2.24, 2.45) is 0 Å². The fourth-order valence-electron chi connectivity index (χ4n) is 1.48. The van der Waals surface area contributed by atoms with Crippen LogP contribution in [-0.4, -0.2) is 8.42 Å². The minimum absolute atomic E-state index is 0.218. The predicted molar refractivity (Wildman–Crippen MR) is 83.8 cm³/mol. The minimum atomic E-state index is -3.58. The summed E-state index contributed by atoms with van der Waals surface area (Å²) in [6.45, 7) is 3.68. The maximum absolute atomic E-state index is 12.2. The second-order valence-corrected chi connectivity index (χ2v) is 8.51. The largest absolute Gasteiger partial charge is 0.279 e. The molecule has 102 valence electrons. The molecule has 1 N–H and O–H groups in total. The highest BCUT2D eigenvalue weighted by molar-refractivity contribution is 9.10. The molecule has 0 radical (unpaired) electrons. The van der Waals surface area contributed by atoms with Crippen LogP contribution in [0.1, 0.15) is 11.1 Å². The van der Waals surface area contributed by atoms with Gasteiger partial charge in [0.25, 0.3) is 10.0 Å². The van der Waals surface area contributed by atoms with Gasteiger partial charge in [-0.15, -0.1) is 11.3 Å². The minimum Gasteiger partial charge on any atom is -0.279 e. The number of hydrogen-bond donors (Lipinski definition) is 1. The number of hydrogen-bond acceptors (Lipinski definition) is 3. The van der Waals surface area contributed by atoms with Gasteiger partial charge < -0.3 is 0 Å². The van der Waals surface area contributed by atoms with Gasteiger partial charge in [0.2, 0.25) is 0 Å². The van der Waals surface area contributed by atoms with Crippen LogP contribution < -0.4 is 4.72 Å². The Labute approximate surface area is 129 Å². The second-order valence-electron chi connectivity index (χ2n) is 4.09. The molecule has 0 amide bonds. The summed E-state index contributed by atoms with van der Waals surface area (Å²) in [5.41, 5.74) is 2.25. The van der Waals surface area contributed by atoms with Crippen molar-refractivity contribution >= 4 is 54.6 Å². The summed E-state index contributed by atoms with van der Waals surface area (Å²) < 4.78 is 28.6. The van der Waals surface area contributed by atoms with E-state index in [-0.39, 0.29) is 4.21 Å². The van der Waals surface area contributed by atoms with Crippen molar-refractivity contribution in [3.63, 3.8) is 0 Å². The Balaban J connectivity index is 2.33. The Morgan fingerprint density at radius 1 is 1.21 bits per heavy atom. The molecule has 0 aliphatic rings. The molecule has 2 aromatic rings. The van der Waals surface area contributed by atoms with E-state index < -0.39 is 10.0 Å². The van der Waals surface area contributed by atoms with Crippen LogP contribution in [0, 0.1) is 13.8 Å². The first-order chi connectivity index (χ1) is 8.79. The predicted octanol–water partition coefficient (Wildman–Crippen LogP) is 4.58. The van der Waals surface area contributed by atoms with Gasteiger partial charge in [-0.25, -0.2) is 8.42 Å². The molecule has 0 aliphatic carbocycles. The topological polar surface area (TPSA) is 46.2 Å². The molecule has 1 aromatic carbocycles. The maximum Gasteiger partial charge on any atom is 0.271 e. The van der Waals surface area contributed by atoms with Crippen LogP contribution in [-0.2, 0) is 10.0 Å². The molecule has 0 aliphatic heterocycles. The Morgan fingerprint density at radius 2 is 1.89 bits per heavy atom. The van der Waals surface area contributed by atoms with Gasteiger partial charge in [-0.3, -0.25) is 4.72 Å². The molecule has 1 heterocycles. The highest BCUT2D eigenvalue weighted by atomic mass is 79.9. The monoisotopic (exact) mass is 379 g/mol. The van der Waals surface area contributed by atoms with Crippen molar-refractivity contribution in [3.05, 3.63) is 44.2 Å². The number of halogens is 2. The van der Waals surface area contributed by atoms with Gasteiger partial charge in [0.15, 0.2) is 0 Å². The average molecular weight is 381 g/mol. The average Bonchev–Trinajstić information content (AvgIpc) is 2.65. The van der Waals surface area contributed by atoms with Crippen LogP contribution in [0.3, 0.4) is 0 Å². The first kappa shape index (κ1) is 14.8. The molecule has 0 saturated heterocycles. The zero-order valence-electron chi connectivity index (χ0n) is 10.2. The Bertz CT molecular complexity index is 706. The third kappa shape index (κ3) is 3.31. The fraction of sp³-hybridized carbons (Fsp3) is 0.167. The Kier molecular flexibility index (Phi) is 4.25. The lowest BCUT2D eigenvalue weighted by atomic mass is 10.2. The maximum atomic E-state index is 12.2. The van der Waals surface area contributed by atoms with Crippen LogP contribution in [0.15, 0.2) is 32.9 Å². The van der Waals surface area contributed by atoms with Crippen LogP contribution in [0.5, 0.6) is 0 Å². The van der Waals surface area contributed by atoms with E-state index in [0.717, 1.165) is 26.9 Å². The van der Waals surface area contributed by atoms with Gasteiger partial charge >= 0.3 is 0 Å². The summed E-state index contributed by atoms with van der Waals surface area (Å²) in [6, 6.07) is 6.85. The van der Waals surface area contributed by atoms with E-state index in [0.29, 0.717) is 10.0 Å². The summed E-state index contributed by atoms with van der Waals surface area (Å²) in [5, 5.41) is 0. The molecule has 0 unspecified atom stereocenters. The molecule has 0 fully saturated rings. The smallest absolute Gasteiger partial charge is 0.271 e. The standard InChI is InChI=1S/C12H11BrClNO2S2/c1-7-5-9(3-4-10(7)13)15-19(16,17)11-6-8(2)12(14)18-11/h3-6,15H,1-2H3.